The lowest BCUT2D eigenvalue weighted by atomic mass is 10.0. The van der Waals surface area contributed by atoms with Gasteiger partial charge in [0.05, 0.1) is 16.7 Å². The molecule has 4 aromatic carbocycles. The number of aromatic nitrogens is 1. The molecule has 0 radical (unpaired) electrons. The Hall–Kier alpha value is -4.35. The van der Waals surface area contributed by atoms with E-state index < -0.39 is 20.2 Å². The highest BCUT2D eigenvalue weighted by Gasteiger charge is 2.30. The van der Waals surface area contributed by atoms with Gasteiger partial charge in [0, 0.05) is 45.7 Å². The van der Waals surface area contributed by atoms with Crippen molar-refractivity contribution in [3.05, 3.63) is 114 Å². The number of unbranched alkanes of at least 4 members (excludes halogenated alkanes) is 1. The first kappa shape index (κ1) is 29.7. The van der Waals surface area contributed by atoms with Crippen LogP contribution in [0.4, 0.5) is 5.69 Å². The number of nitrogens with zero attached hydrogens (tertiary/aromatic N) is 2. The molecule has 0 aliphatic carbocycles. The maximum atomic E-state index is 11.9. The van der Waals surface area contributed by atoms with Crippen molar-refractivity contribution < 1.29 is 30.5 Å². The molecule has 0 spiro atoms. The van der Waals surface area contributed by atoms with Gasteiger partial charge in [0.1, 0.15) is 11.9 Å². The molecule has 2 N–H and O–H groups in total. The number of benzene rings is 4. The third-order valence-corrected chi connectivity index (χ3v) is 9.70. The molecule has 0 unspecified atom stereocenters. The van der Waals surface area contributed by atoms with Crippen LogP contribution in [0.5, 0.6) is 0 Å². The van der Waals surface area contributed by atoms with Gasteiger partial charge in [-0.15, -0.1) is 0 Å². The van der Waals surface area contributed by atoms with E-state index in [4.69, 9.17) is 4.55 Å². The molecule has 0 saturated heterocycles. The lowest BCUT2D eigenvalue weighted by Crippen LogP contribution is -2.17. The molecule has 224 valence electrons. The maximum Gasteiger partial charge on any atom is 0.295 e. The molecule has 0 saturated carbocycles. The van der Waals surface area contributed by atoms with E-state index in [2.05, 4.69) is 34.9 Å². The average molecular weight is 628 g/mol. The minimum Gasteiger partial charge on any atom is -0.340 e. The lowest BCUT2D eigenvalue weighted by molar-refractivity contribution is -0.399. The van der Waals surface area contributed by atoms with Gasteiger partial charge in [0.15, 0.2) is 0 Å². The van der Waals surface area contributed by atoms with Crippen LogP contribution in [-0.4, -0.2) is 53.6 Å². The smallest absolute Gasteiger partial charge is 0.295 e. The Morgan fingerprint density at radius 1 is 0.773 bits per heavy atom. The van der Waals surface area contributed by atoms with Gasteiger partial charge in [-0.2, -0.15) is 21.4 Å². The number of hydrogen-bond donors (Lipinski definition) is 2. The first-order valence-corrected chi connectivity index (χ1v) is 17.2. The van der Waals surface area contributed by atoms with Crippen LogP contribution in [0.2, 0.25) is 0 Å². The van der Waals surface area contributed by atoms with Gasteiger partial charge in [-0.25, -0.2) is 0 Å². The van der Waals surface area contributed by atoms with Gasteiger partial charge < -0.3 is 4.57 Å². The Kier molecular flexibility index (Phi) is 7.85. The van der Waals surface area contributed by atoms with Crippen LogP contribution in [0.3, 0.4) is 0 Å². The summed E-state index contributed by atoms with van der Waals surface area (Å²) in [5.74, 6) is -0.253. The topological polar surface area (TPSA) is 117 Å². The summed E-state index contributed by atoms with van der Waals surface area (Å²) in [5, 5.41) is 5.73. The number of rotatable bonds is 10. The summed E-state index contributed by atoms with van der Waals surface area (Å²) in [5.41, 5.74) is 3.76. The Bertz CT molecular complexity index is 2340. The second-order valence-electron chi connectivity index (χ2n) is 10.7. The van der Waals surface area contributed by atoms with Crippen LogP contribution in [0.15, 0.2) is 108 Å². The Morgan fingerprint density at radius 2 is 1.48 bits per heavy atom. The van der Waals surface area contributed by atoms with E-state index in [9.17, 15) is 21.4 Å². The normalized spacial score (nSPS) is 14.8. The summed E-state index contributed by atoms with van der Waals surface area (Å²) in [4.78, 5) is -0.103. The first-order valence-electron chi connectivity index (χ1n) is 14.2. The molecule has 0 bridgehead atoms. The van der Waals surface area contributed by atoms with Gasteiger partial charge in [0.25, 0.3) is 20.2 Å². The van der Waals surface area contributed by atoms with Crippen molar-refractivity contribution in [1.29, 1.82) is 0 Å². The van der Waals surface area contributed by atoms with Crippen LogP contribution in [0.1, 0.15) is 18.4 Å². The van der Waals surface area contributed by atoms with Gasteiger partial charge in [-0.05, 0) is 42.5 Å². The summed E-state index contributed by atoms with van der Waals surface area (Å²) in [6, 6.07) is 21.0. The second-order valence-corrected chi connectivity index (χ2v) is 13.7. The van der Waals surface area contributed by atoms with Gasteiger partial charge in [0.2, 0.25) is 11.4 Å². The largest absolute Gasteiger partial charge is 0.340 e. The van der Waals surface area contributed by atoms with Crippen LogP contribution in [0.25, 0.3) is 38.5 Å². The van der Waals surface area contributed by atoms with Crippen molar-refractivity contribution in [2.24, 2.45) is 0 Å². The Labute approximate surface area is 255 Å². The highest BCUT2D eigenvalue weighted by molar-refractivity contribution is 7.86. The van der Waals surface area contributed by atoms with Crippen molar-refractivity contribution in [2.75, 3.05) is 12.8 Å². The molecule has 0 atom stereocenters. The molecule has 1 aliphatic heterocycles. The van der Waals surface area contributed by atoms with Crippen molar-refractivity contribution in [3.8, 4) is 0 Å². The second kappa shape index (κ2) is 11.6. The van der Waals surface area contributed by atoms with E-state index in [0.29, 0.717) is 24.8 Å². The molecule has 10 heteroatoms. The molecule has 0 amide bonds. The fourth-order valence-electron chi connectivity index (χ4n) is 6.09. The van der Waals surface area contributed by atoms with E-state index in [1.54, 1.807) is 18.2 Å². The number of hydrogen-bond acceptors (Lipinski definition) is 4. The lowest BCUT2D eigenvalue weighted by Gasteiger charge is -2.06. The van der Waals surface area contributed by atoms with Crippen LogP contribution < -0.4 is 5.35 Å². The molecular formula is C34H31N2O6S2+. The predicted molar refractivity (Wildman–Crippen MR) is 176 cm³/mol. The van der Waals surface area contributed by atoms with Crippen molar-refractivity contribution >= 4 is 70.2 Å². The quantitative estimate of drug-likeness (QED) is 0.0874. The SMILES string of the molecule is C[N+]1=C(/C=C/C=C/C=C/C=c2/c3cccc4cccc(c43)n2CCCCS(=O)(=O)O)c2cccc3c(S(=O)(=O)O)ccc1c23. The van der Waals surface area contributed by atoms with E-state index in [1.165, 1.54) is 11.5 Å². The van der Waals surface area contributed by atoms with E-state index in [-0.39, 0.29) is 10.6 Å². The average Bonchev–Trinajstić information content (AvgIpc) is 3.43. The molecule has 5 aromatic rings. The summed E-state index contributed by atoms with van der Waals surface area (Å²) >= 11 is 0. The number of allylic oxidation sites excluding steroid dienone is 6. The molecular weight excluding hydrogens is 597 g/mol. The minimum absolute atomic E-state index is 0.103. The molecule has 0 fully saturated rings. The van der Waals surface area contributed by atoms with Crippen molar-refractivity contribution in [1.82, 2.24) is 4.57 Å². The summed E-state index contributed by atoms with van der Waals surface area (Å²) in [6.07, 6.45) is 14.7. The standard InChI is InChI=1S/C34H30N2O6S2/c1-35-28(25-15-11-16-27-32(44(40,41)42)21-20-30(35)34(25)27)17-5-3-2-4-6-18-29-26-14-9-12-24-13-10-19-31(33(24)26)36(29)22-7-8-23-43(37,38)39/h2-6,9-21H,7-8,22-23H2,1H3,(H-,37,38,39,40,41,42)/p+1. The van der Waals surface area contributed by atoms with Crippen LogP contribution in [-0.2, 0) is 26.8 Å². The van der Waals surface area contributed by atoms with Crippen LogP contribution >= 0.6 is 0 Å². The van der Waals surface area contributed by atoms with E-state index >= 15 is 0 Å². The molecule has 1 aromatic heterocycles. The van der Waals surface area contributed by atoms with Gasteiger partial charge in [-0.1, -0.05) is 72.8 Å². The molecule has 2 heterocycles. The highest BCUT2D eigenvalue weighted by atomic mass is 32.2. The predicted octanol–water partition coefficient (Wildman–Crippen LogP) is 5.81. The van der Waals surface area contributed by atoms with Gasteiger partial charge >= 0.3 is 0 Å². The molecule has 44 heavy (non-hydrogen) atoms. The van der Waals surface area contributed by atoms with E-state index in [1.807, 2.05) is 66.3 Å². The van der Waals surface area contributed by atoms with Crippen molar-refractivity contribution in [2.45, 2.75) is 24.3 Å². The Morgan fingerprint density at radius 3 is 2.25 bits per heavy atom. The number of aryl methyl sites for hydroxylation is 1. The maximum absolute atomic E-state index is 11.9. The summed E-state index contributed by atoms with van der Waals surface area (Å²) in [6.45, 7) is 0.620. The third-order valence-electron chi connectivity index (χ3n) is 7.98. The summed E-state index contributed by atoms with van der Waals surface area (Å²) in [7, 11) is -6.41. The van der Waals surface area contributed by atoms with Crippen molar-refractivity contribution in [3.63, 3.8) is 0 Å². The molecule has 6 rings (SSSR count). The minimum atomic E-state index is -4.35. The fourth-order valence-corrected chi connectivity index (χ4v) is 7.34. The zero-order valence-electron chi connectivity index (χ0n) is 24.0. The zero-order valence-corrected chi connectivity index (χ0v) is 25.6. The molecule has 1 aliphatic rings. The van der Waals surface area contributed by atoms with E-state index in [0.717, 1.165) is 44.0 Å². The molecule has 8 nitrogen and oxygen atoms in total. The Balaban J connectivity index is 1.25. The third kappa shape index (κ3) is 5.65. The zero-order chi connectivity index (χ0) is 31.1. The van der Waals surface area contributed by atoms with Crippen LogP contribution in [0, 0.1) is 0 Å². The summed E-state index contributed by atoms with van der Waals surface area (Å²) < 4.78 is 69.2. The highest BCUT2D eigenvalue weighted by Crippen LogP contribution is 2.38. The first-order chi connectivity index (χ1) is 21.0. The monoisotopic (exact) mass is 627 g/mol. The van der Waals surface area contributed by atoms with Gasteiger partial charge in [-0.3, -0.25) is 9.11 Å². The fraction of sp³-hybridized carbons (Fsp3) is 0.147.